The van der Waals surface area contributed by atoms with Gasteiger partial charge in [-0.05, 0) is 33.5 Å². The molecule has 1 aromatic heterocycles. The van der Waals surface area contributed by atoms with Crippen LogP contribution in [0.5, 0.6) is 0 Å². The van der Waals surface area contributed by atoms with Crippen LogP contribution < -0.4 is 5.32 Å². The van der Waals surface area contributed by atoms with E-state index in [2.05, 4.69) is 27.4 Å². The van der Waals surface area contributed by atoms with Crippen molar-refractivity contribution in [3.63, 3.8) is 0 Å². The predicted molar refractivity (Wildman–Crippen MR) is 56.4 cm³/mol. The molecule has 2 rings (SSSR count). The molecular weight excluding hydrogens is 192 g/mol. The highest BCUT2D eigenvalue weighted by Crippen LogP contribution is 2.18. The van der Waals surface area contributed by atoms with Gasteiger partial charge in [0.15, 0.2) is 5.82 Å². The Bertz CT molecular complexity index is 312. The summed E-state index contributed by atoms with van der Waals surface area (Å²) in [5.41, 5.74) is 0. The molecule has 1 N–H and O–H groups in total. The second-order valence-electron chi connectivity index (χ2n) is 4.12. The number of aromatic nitrogens is 2. The number of likely N-dealkylation sites (tertiary alicyclic amines) is 1. The topological polar surface area (TPSA) is 54.2 Å². The van der Waals surface area contributed by atoms with Crippen molar-refractivity contribution in [2.24, 2.45) is 0 Å². The van der Waals surface area contributed by atoms with Crippen LogP contribution in [0.4, 0.5) is 0 Å². The minimum atomic E-state index is 0.577. The minimum absolute atomic E-state index is 0.577. The average molecular weight is 210 g/mol. The Labute approximate surface area is 89.8 Å². The number of nitrogens with zero attached hydrogens (tertiary/aromatic N) is 3. The van der Waals surface area contributed by atoms with Gasteiger partial charge in [-0.15, -0.1) is 0 Å². The van der Waals surface area contributed by atoms with Crippen LogP contribution in [0.25, 0.3) is 0 Å². The van der Waals surface area contributed by atoms with E-state index >= 15 is 0 Å². The van der Waals surface area contributed by atoms with Gasteiger partial charge in [0.25, 0.3) is 0 Å². The average Bonchev–Trinajstić information content (AvgIpc) is 2.79. The van der Waals surface area contributed by atoms with Crippen molar-refractivity contribution in [2.45, 2.75) is 31.8 Å². The van der Waals surface area contributed by atoms with E-state index < -0.39 is 0 Å². The van der Waals surface area contributed by atoms with Gasteiger partial charge in [0.1, 0.15) is 0 Å². The highest BCUT2D eigenvalue weighted by atomic mass is 16.5. The summed E-state index contributed by atoms with van der Waals surface area (Å²) in [4.78, 5) is 6.69. The minimum Gasteiger partial charge on any atom is -0.339 e. The number of rotatable bonds is 4. The maximum absolute atomic E-state index is 5.20. The summed E-state index contributed by atoms with van der Waals surface area (Å²) in [5.74, 6) is 1.51. The van der Waals surface area contributed by atoms with Crippen LogP contribution in [-0.4, -0.2) is 41.7 Å². The molecule has 5 heteroatoms. The lowest BCUT2D eigenvalue weighted by Gasteiger charge is -2.16. The zero-order valence-electron chi connectivity index (χ0n) is 9.36. The van der Waals surface area contributed by atoms with Crippen LogP contribution in [-0.2, 0) is 13.0 Å². The molecule has 0 saturated carbocycles. The maximum Gasteiger partial charge on any atom is 0.228 e. The molecule has 0 spiro atoms. The molecule has 0 radical (unpaired) electrons. The number of hydrogen-bond donors (Lipinski definition) is 1. The zero-order chi connectivity index (χ0) is 10.7. The highest BCUT2D eigenvalue weighted by molar-refractivity contribution is 4.91. The molecule has 84 valence electrons. The summed E-state index contributed by atoms with van der Waals surface area (Å²) >= 11 is 0. The standard InChI is InChI=1S/C10H18N4O/c1-11-7-9-12-10(15-13-9)6-8-4-3-5-14(8)2/h8,11H,3-7H2,1-2H3. The molecule has 5 nitrogen and oxygen atoms in total. The number of likely N-dealkylation sites (N-methyl/N-ethyl adjacent to an activating group) is 1. The molecule has 1 atom stereocenters. The molecule has 1 saturated heterocycles. The molecule has 1 fully saturated rings. The van der Waals surface area contributed by atoms with E-state index in [0.29, 0.717) is 12.6 Å². The smallest absolute Gasteiger partial charge is 0.228 e. The van der Waals surface area contributed by atoms with Gasteiger partial charge in [0, 0.05) is 12.5 Å². The van der Waals surface area contributed by atoms with Gasteiger partial charge >= 0.3 is 0 Å². The Hall–Kier alpha value is -0.940. The Morgan fingerprint density at radius 2 is 2.47 bits per heavy atom. The molecule has 1 aliphatic heterocycles. The molecule has 1 unspecified atom stereocenters. The van der Waals surface area contributed by atoms with Gasteiger partial charge in [-0.2, -0.15) is 4.98 Å². The number of hydrogen-bond acceptors (Lipinski definition) is 5. The normalized spacial score (nSPS) is 22.4. The summed E-state index contributed by atoms with van der Waals surface area (Å²) in [6, 6.07) is 0.577. The summed E-state index contributed by atoms with van der Waals surface area (Å²) in [7, 11) is 4.03. The molecular formula is C10H18N4O. The lowest BCUT2D eigenvalue weighted by molar-refractivity contribution is 0.278. The molecule has 0 bridgehead atoms. The molecule has 1 aromatic rings. The first kappa shape index (κ1) is 10.6. The van der Waals surface area contributed by atoms with E-state index in [4.69, 9.17) is 4.52 Å². The fraction of sp³-hybridized carbons (Fsp3) is 0.800. The van der Waals surface area contributed by atoms with Crippen LogP contribution >= 0.6 is 0 Å². The first-order chi connectivity index (χ1) is 7.29. The Balaban J connectivity index is 1.92. The fourth-order valence-corrected chi connectivity index (χ4v) is 2.04. The predicted octanol–water partition coefficient (Wildman–Crippen LogP) is 0.426. The van der Waals surface area contributed by atoms with Crippen molar-refractivity contribution in [1.29, 1.82) is 0 Å². The first-order valence-electron chi connectivity index (χ1n) is 5.46. The molecule has 0 aliphatic carbocycles. The summed E-state index contributed by atoms with van der Waals surface area (Å²) < 4.78 is 5.20. The van der Waals surface area contributed by atoms with Gasteiger partial charge in [-0.1, -0.05) is 5.16 Å². The van der Waals surface area contributed by atoms with Crippen molar-refractivity contribution in [2.75, 3.05) is 20.6 Å². The van der Waals surface area contributed by atoms with Crippen LogP contribution in [0, 0.1) is 0 Å². The maximum atomic E-state index is 5.20. The fourth-order valence-electron chi connectivity index (χ4n) is 2.04. The van der Waals surface area contributed by atoms with E-state index in [1.54, 1.807) is 0 Å². The lowest BCUT2D eigenvalue weighted by Crippen LogP contribution is -2.26. The first-order valence-corrected chi connectivity index (χ1v) is 5.46. The molecule has 0 aromatic carbocycles. The van der Waals surface area contributed by atoms with Crippen molar-refractivity contribution < 1.29 is 4.52 Å². The third-order valence-electron chi connectivity index (χ3n) is 2.93. The molecule has 15 heavy (non-hydrogen) atoms. The van der Waals surface area contributed by atoms with Gasteiger partial charge in [0.05, 0.1) is 6.54 Å². The summed E-state index contributed by atoms with van der Waals surface area (Å²) in [6.45, 7) is 1.85. The Kier molecular flexibility index (Phi) is 3.33. The van der Waals surface area contributed by atoms with Crippen LogP contribution in [0.1, 0.15) is 24.6 Å². The molecule has 2 heterocycles. The van der Waals surface area contributed by atoms with Gasteiger partial charge in [-0.3, -0.25) is 0 Å². The quantitative estimate of drug-likeness (QED) is 0.781. The van der Waals surface area contributed by atoms with Crippen molar-refractivity contribution >= 4 is 0 Å². The Morgan fingerprint density at radius 1 is 1.60 bits per heavy atom. The summed E-state index contributed by atoms with van der Waals surface area (Å²) in [5, 5.41) is 6.91. The third kappa shape index (κ3) is 2.54. The third-order valence-corrected chi connectivity index (χ3v) is 2.93. The van der Waals surface area contributed by atoms with Gasteiger partial charge < -0.3 is 14.7 Å². The largest absolute Gasteiger partial charge is 0.339 e. The van der Waals surface area contributed by atoms with Gasteiger partial charge in [0.2, 0.25) is 5.89 Å². The van der Waals surface area contributed by atoms with E-state index in [1.165, 1.54) is 19.4 Å². The van der Waals surface area contributed by atoms with Crippen LogP contribution in [0.2, 0.25) is 0 Å². The second kappa shape index (κ2) is 4.72. The van der Waals surface area contributed by atoms with E-state index in [1.807, 2.05) is 7.05 Å². The SMILES string of the molecule is CNCc1noc(CC2CCCN2C)n1. The highest BCUT2D eigenvalue weighted by Gasteiger charge is 2.23. The van der Waals surface area contributed by atoms with Crippen molar-refractivity contribution in [1.82, 2.24) is 20.4 Å². The second-order valence-corrected chi connectivity index (χ2v) is 4.12. The number of nitrogens with one attached hydrogen (secondary N) is 1. The van der Waals surface area contributed by atoms with E-state index in [-0.39, 0.29) is 0 Å². The molecule has 0 amide bonds. The van der Waals surface area contributed by atoms with Crippen LogP contribution in [0.3, 0.4) is 0 Å². The van der Waals surface area contributed by atoms with Crippen molar-refractivity contribution in [3.05, 3.63) is 11.7 Å². The molecule has 1 aliphatic rings. The zero-order valence-corrected chi connectivity index (χ0v) is 9.36. The van der Waals surface area contributed by atoms with Gasteiger partial charge in [-0.25, -0.2) is 0 Å². The lowest BCUT2D eigenvalue weighted by atomic mass is 10.1. The Morgan fingerprint density at radius 3 is 3.13 bits per heavy atom. The van der Waals surface area contributed by atoms with Crippen LogP contribution in [0.15, 0.2) is 4.52 Å². The van der Waals surface area contributed by atoms with E-state index in [9.17, 15) is 0 Å². The van der Waals surface area contributed by atoms with Crippen molar-refractivity contribution in [3.8, 4) is 0 Å². The summed E-state index contributed by atoms with van der Waals surface area (Å²) in [6.07, 6.45) is 3.39. The monoisotopic (exact) mass is 210 g/mol. The van der Waals surface area contributed by atoms with E-state index in [0.717, 1.165) is 18.1 Å².